The number of hydrogen-bond donors (Lipinski definition) is 1. The monoisotopic (exact) mass is 197 g/mol. The van der Waals surface area contributed by atoms with E-state index in [0.717, 1.165) is 19.0 Å². The van der Waals surface area contributed by atoms with Gasteiger partial charge in [-0.2, -0.15) is 0 Å². The van der Waals surface area contributed by atoms with E-state index in [9.17, 15) is 8.78 Å². The Morgan fingerprint density at radius 1 is 1.43 bits per heavy atom. The van der Waals surface area contributed by atoms with Crippen molar-refractivity contribution in [1.82, 2.24) is 5.32 Å². The van der Waals surface area contributed by atoms with Gasteiger partial charge in [-0.25, -0.2) is 8.78 Å². The number of benzene rings is 1. The van der Waals surface area contributed by atoms with Crippen molar-refractivity contribution in [1.29, 1.82) is 0 Å². The van der Waals surface area contributed by atoms with Gasteiger partial charge in [0, 0.05) is 0 Å². The molecule has 0 aliphatic heterocycles. The molecule has 2 rings (SSSR count). The maximum Gasteiger partial charge on any atom is 0.126 e. The van der Waals surface area contributed by atoms with Crippen LogP contribution in [0, 0.1) is 17.6 Å². The standard InChI is InChI=1S/C11H13F2N/c1-14-6-7-4-9(7)10-5-8(12)2-3-11(10)13/h2-3,5,7,9,14H,4,6H2,1H3/t7-,9-/m1/s1. The lowest BCUT2D eigenvalue weighted by Gasteiger charge is -2.02. The van der Waals surface area contributed by atoms with Gasteiger partial charge in [-0.15, -0.1) is 0 Å². The molecule has 1 aromatic rings. The molecule has 76 valence electrons. The zero-order valence-corrected chi connectivity index (χ0v) is 8.06. The molecule has 0 unspecified atom stereocenters. The summed E-state index contributed by atoms with van der Waals surface area (Å²) in [6, 6.07) is 3.68. The predicted octanol–water partition coefficient (Wildman–Crippen LogP) is 2.29. The van der Waals surface area contributed by atoms with Crippen molar-refractivity contribution in [2.24, 2.45) is 5.92 Å². The largest absolute Gasteiger partial charge is 0.319 e. The van der Waals surface area contributed by atoms with Crippen LogP contribution in [0.15, 0.2) is 18.2 Å². The third-order valence-electron chi connectivity index (χ3n) is 2.75. The smallest absolute Gasteiger partial charge is 0.126 e. The van der Waals surface area contributed by atoms with E-state index in [4.69, 9.17) is 0 Å². The van der Waals surface area contributed by atoms with Gasteiger partial charge in [0.15, 0.2) is 0 Å². The number of rotatable bonds is 3. The highest BCUT2D eigenvalue weighted by atomic mass is 19.1. The molecule has 1 fully saturated rings. The fraction of sp³-hybridized carbons (Fsp3) is 0.455. The van der Waals surface area contributed by atoms with Crippen LogP contribution in [0.2, 0.25) is 0 Å². The highest BCUT2D eigenvalue weighted by molar-refractivity contribution is 5.28. The topological polar surface area (TPSA) is 12.0 Å². The summed E-state index contributed by atoms with van der Waals surface area (Å²) >= 11 is 0. The molecule has 0 aromatic heterocycles. The molecule has 0 radical (unpaired) electrons. The Labute approximate surface area is 82.1 Å². The number of hydrogen-bond acceptors (Lipinski definition) is 1. The molecule has 1 aliphatic rings. The van der Waals surface area contributed by atoms with Gasteiger partial charge in [0.1, 0.15) is 11.6 Å². The first-order chi connectivity index (χ1) is 6.72. The molecular formula is C11H13F2N. The summed E-state index contributed by atoms with van der Waals surface area (Å²) in [4.78, 5) is 0. The van der Waals surface area contributed by atoms with Crippen molar-refractivity contribution in [3.05, 3.63) is 35.4 Å². The molecule has 14 heavy (non-hydrogen) atoms. The lowest BCUT2D eigenvalue weighted by atomic mass is 10.1. The first-order valence-corrected chi connectivity index (χ1v) is 4.82. The van der Waals surface area contributed by atoms with E-state index in [1.54, 1.807) is 0 Å². The van der Waals surface area contributed by atoms with E-state index >= 15 is 0 Å². The summed E-state index contributed by atoms with van der Waals surface area (Å²) < 4.78 is 26.2. The van der Waals surface area contributed by atoms with Crippen LogP contribution in [0.5, 0.6) is 0 Å². The second kappa shape index (κ2) is 3.65. The lowest BCUT2D eigenvalue weighted by Crippen LogP contribution is -2.10. The van der Waals surface area contributed by atoms with Gasteiger partial charge in [0.25, 0.3) is 0 Å². The molecule has 0 heterocycles. The van der Waals surface area contributed by atoms with Crippen LogP contribution in [0.1, 0.15) is 17.9 Å². The van der Waals surface area contributed by atoms with Crippen LogP contribution >= 0.6 is 0 Å². The fourth-order valence-corrected chi connectivity index (χ4v) is 1.92. The average molecular weight is 197 g/mol. The third-order valence-corrected chi connectivity index (χ3v) is 2.75. The first-order valence-electron chi connectivity index (χ1n) is 4.82. The molecular weight excluding hydrogens is 184 g/mol. The molecule has 0 spiro atoms. The Morgan fingerprint density at radius 2 is 2.21 bits per heavy atom. The van der Waals surface area contributed by atoms with Crippen LogP contribution in [0.25, 0.3) is 0 Å². The molecule has 0 saturated heterocycles. The van der Waals surface area contributed by atoms with Crippen molar-refractivity contribution in [3.8, 4) is 0 Å². The van der Waals surface area contributed by atoms with E-state index in [0.29, 0.717) is 11.5 Å². The molecule has 3 heteroatoms. The Morgan fingerprint density at radius 3 is 2.93 bits per heavy atom. The van der Waals surface area contributed by atoms with E-state index < -0.39 is 0 Å². The maximum absolute atomic E-state index is 13.3. The minimum Gasteiger partial charge on any atom is -0.319 e. The van der Waals surface area contributed by atoms with E-state index in [-0.39, 0.29) is 17.6 Å². The van der Waals surface area contributed by atoms with E-state index in [2.05, 4.69) is 5.32 Å². The van der Waals surface area contributed by atoms with Crippen molar-refractivity contribution >= 4 is 0 Å². The number of nitrogens with one attached hydrogen (secondary N) is 1. The highest BCUT2D eigenvalue weighted by Crippen LogP contribution is 2.47. The van der Waals surface area contributed by atoms with Gasteiger partial charge in [0.2, 0.25) is 0 Å². The minimum atomic E-state index is -0.350. The van der Waals surface area contributed by atoms with E-state index in [1.165, 1.54) is 12.1 Å². The molecule has 2 atom stereocenters. The van der Waals surface area contributed by atoms with Crippen molar-refractivity contribution < 1.29 is 8.78 Å². The molecule has 1 aliphatic carbocycles. The van der Waals surface area contributed by atoms with Gasteiger partial charge in [-0.1, -0.05) is 0 Å². The maximum atomic E-state index is 13.3. The first kappa shape index (κ1) is 9.59. The zero-order valence-electron chi connectivity index (χ0n) is 8.06. The summed E-state index contributed by atoms with van der Waals surface area (Å²) in [5.74, 6) is 0.0426. The Kier molecular flexibility index (Phi) is 2.50. The van der Waals surface area contributed by atoms with Crippen molar-refractivity contribution in [2.45, 2.75) is 12.3 Å². The summed E-state index contributed by atoms with van der Waals surface area (Å²) in [5, 5.41) is 3.05. The minimum absolute atomic E-state index is 0.207. The quantitative estimate of drug-likeness (QED) is 0.784. The van der Waals surface area contributed by atoms with E-state index in [1.807, 2.05) is 7.05 Å². The summed E-state index contributed by atoms with van der Waals surface area (Å²) in [6.07, 6.45) is 0.960. The Balaban J connectivity index is 2.14. The van der Waals surface area contributed by atoms with Gasteiger partial charge >= 0.3 is 0 Å². The fourth-order valence-electron chi connectivity index (χ4n) is 1.92. The zero-order chi connectivity index (χ0) is 10.1. The third kappa shape index (κ3) is 1.77. The van der Waals surface area contributed by atoms with Gasteiger partial charge in [-0.3, -0.25) is 0 Å². The predicted molar refractivity (Wildman–Crippen MR) is 51.1 cm³/mol. The summed E-state index contributed by atoms with van der Waals surface area (Å²) in [6.45, 7) is 0.876. The Bertz CT molecular complexity index is 338. The Hall–Kier alpha value is -0.960. The van der Waals surface area contributed by atoms with Crippen LogP contribution in [0.4, 0.5) is 8.78 Å². The van der Waals surface area contributed by atoms with Crippen LogP contribution < -0.4 is 5.32 Å². The molecule has 1 N–H and O–H groups in total. The summed E-state index contributed by atoms with van der Waals surface area (Å²) in [5.41, 5.74) is 0.533. The summed E-state index contributed by atoms with van der Waals surface area (Å²) in [7, 11) is 1.87. The van der Waals surface area contributed by atoms with Crippen molar-refractivity contribution in [3.63, 3.8) is 0 Å². The molecule has 1 saturated carbocycles. The number of halogens is 2. The normalized spacial score (nSPS) is 25.1. The van der Waals surface area contributed by atoms with Crippen LogP contribution in [0.3, 0.4) is 0 Å². The van der Waals surface area contributed by atoms with Crippen LogP contribution in [-0.4, -0.2) is 13.6 Å². The lowest BCUT2D eigenvalue weighted by molar-refractivity contribution is 0.579. The average Bonchev–Trinajstić information content (AvgIpc) is 2.89. The molecule has 0 amide bonds. The van der Waals surface area contributed by atoms with Crippen molar-refractivity contribution in [2.75, 3.05) is 13.6 Å². The van der Waals surface area contributed by atoms with Gasteiger partial charge in [-0.05, 0) is 55.6 Å². The molecule has 1 nitrogen and oxygen atoms in total. The highest BCUT2D eigenvalue weighted by Gasteiger charge is 2.39. The van der Waals surface area contributed by atoms with Gasteiger partial charge in [0.05, 0.1) is 0 Å². The van der Waals surface area contributed by atoms with Gasteiger partial charge < -0.3 is 5.32 Å². The second-order valence-corrected chi connectivity index (χ2v) is 3.83. The molecule has 1 aromatic carbocycles. The van der Waals surface area contributed by atoms with Crippen LogP contribution in [-0.2, 0) is 0 Å². The SMILES string of the molecule is CNC[C@H]1C[C@H]1c1cc(F)ccc1F. The molecule has 0 bridgehead atoms. The second-order valence-electron chi connectivity index (χ2n) is 3.83.